The monoisotopic (exact) mass is 436 g/mol. The molecule has 4 rings (SSSR count). The van der Waals surface area contributed by atoms with Gasteiger partial charge in [-0.2, -0.15) is 0 Å². The number of halogens is 1. The Morgan fingerprint density at radius 1 is 1.07 bits per heavy atom. The second-order valence-electron chi connectivity index (χ2n) is 6.59. The summed E-state index contributed by atoms with van der Waals surface area (Å²) < 4.78 is 6.55. The highest BCUT2D eigenvalue weighted by molar-refractivity contribution is 9.10. The van der Waals surface area contributed by atoms with Crippen molar-refractivity contribution in [2.45, 2.75) is 13.8 Å². The van der Waals surface area contributed by atoms with Gasteiger partial charge in [0.05, 0.1) is 11.1 Å². The molecule has 0 radical (unpaired) electrons. The fraction of sp³-hybridized carbons (Fsp3) is 0.0909. The zero-order chi connectivity index (χ0) is 19.8. The van der Waals surface area contributed by atoms with E-state index in [0.29, 0.717) is 32.8 Å². The standard InChI is InChI=1S/C22H17BrN2O3/c1-12-9-18-20(10-13(12)2)28-22(25-18)16-11-14(7-8-19(16)26)24-21(27)15-5-3-4-6-17(15)23/h3-11,26H,1-2H3,(H,24,27). The number of aromatic hydroxyl groups is 1. The number of aromatic nitrogens is 1. The first-order valence-electron chi connectivity index (χ1n) is 8.69. The van der Waals surface area contributed by atoms with E-state index in [0.717, 1.165) is 16.6 Å². The van der Waals surface area contributed by atoms with Crippen molar-refractivity contribution in [3.05, 3.63) is 75.8 Å². The highest BCUT2D eigenvalue weighted by Crippen LogP contribution is 2.34. The first-order chi connectivity index (χ1) is 13.4. The van der Waals surface area contributed by atoms with E-state index in [9.17, 15) is 9.90 Å². The van der Waals surface area contributed by atoms with Gasteiger partial charge in [0.2, 0.25) is 5.89 Å². The number of anilines is 1. The lowest BCUT2D eigenvalue weighted by atomic mass is 10.1. The molecule has 0 saturated carbocycles. The smallest absolute Gasteiger partial charge is 0.256 e. The molecule has 0 aliphatic rings. The van der Waals surface area contributed by atoms with Crippen molar-refractivity contribution in [3.63, 3.8) is 0 Å². The maximum absolute atomic E-state index is 12.5. The van der Waals surface area contributed by atoms with Gasteiger partial charge in [0.1, 0.15) is 11.3 Å². The largest absolute Gasteiger partial charge is 0.507 e. The lowest BCUT2D eigenvalue weighted by Crippen LogP contribution is -2.12. The van der Waals surface area contributed by atoms with Gasteiger partial charge >= 0.3 is 0 Å². The van der Waals surface area contributed by atoms with Gasteiger partial charge in [-0.3, -0.25) is 4.79 Å². The normalized spacial score (nSPS) is 11.0. The summed E-state index contributed by atoms with van der Waals surface area (Å²) >= 11 is 3.38. The number of phenolic OH excluding ortho intramolecular Hbond substituents is 1. The quantitative estimate of drug-likeness (QED) is 0.396. The molecule has 2 N–H and O–H groups in total. The van der Waals surface area contributed by atoms with E-state index in [1.54, 1.807) is 30.3 Å². The van der Waals surface area contributed by atoms with Crippen LogP contribution in [0.1, 0.15) is 21.5 Å². The fourth-order valence-corrected chi connectivity index (χ4v) is 3.39. The number of hydrogen-bond acceptors (Lipinski definition) is 4. The third-order valence-corrected chi connectivity index (χ3v) is 5.30. The van der Waals surface area contributed by atoms with Crippen molar-refractivity contribution in [2.24, 2.45) is 0 Å². The van der Waals surface area contributed by atoms with Crippen LogP contribution in [0.15, 0.2) is 63.5 Å². The van der Waals surface area contributed by atoms with Gasteiger partial charge in [0.15, 0.2) is 5.58 Å². The van der Waals surface area contributed by atoms with Crippen LogP contribution in [0.3, 0.4) is 0 Å². The van der Waals surface area contributed by atoms with Crippen molar-refractivity contribution < 1.29 is 14.3 Å². The summed E-state index contributed by atoms with van der Waals surface area (Å²) in [5.41, 5.74) is 5.06. The van der Waals surface area contributed by atoms with Gasteiger partial charge in [-0.25, -0.2) is 4.98 Å². The minimum atomic E-state index is -0.257. The minimum Gasteiger partial charge on any atom is -0.507 e. The van der Waals surface area contributed by atoms with Gasteiger partial charge < -0.3 is 14.8 Å². The zero-order valence-electron chi connectivity index (χ0n) is 15.3. The summed E-state index contributed by atoms with van der Waals surface area (Å²) in [5.74, 6) is 0.0707. The molecule has 0 aliphatic carbocycles. The molecule has 5 nitrogen and oxygen atoms in total. The number of aryl methyl sites for hydroxylation is 2. The van der Waals surface area contributed by atoms with Gasteiger partial charge in [0.25, 0.3) is 5.91 Å². The Bertz CT molecular complexity index is 1170. The Morgan fingerprint density at radius 2 is 1.82 bits per heavy atom. The summed E-state index contributed by atoms with van der Waals surface area (Å²) in [4.78, 5) is 17.0. The number of nitrogens with one attached hydrogen (secondary N) is 1. The summed E-state index contributed by atoms with van der Waals surface area (Å²) in [6, 6.07) is 15.8. The van der Waals surface area contributed by atoms with E-state index >= 15 is 0 Å². The second kappa shape index (κ2) is 7.13. The number of benzene rings is 3. The number of carbonyl (C=O) groups excluding carboxylic acids is 1. The molecular formula is C22H17BrN2O3. The average molecular weight is 437 g/mol. The molecule has 4 aromatic rings. The molecule has 3 aromatic carbocycles. The molecule has 0 atom stereocenters. The topological polar surface area (TPSA) is 75.4 Å². The number of phenols is 1. The first kappa shape index (κ1) is 18.3. The lowest BCUT2D eigenvalue weighted by molar-refractivity contribution is 0.102. The number of carbonyl (C=O) groups is 1. The molecule has 0 aliphatic heterocycles. The van der Waals surface area contributed by atoms with Gasteiger partial charge in [0, 0.05) is 10.2 Å². The van der Waals surface area contributed by atoms with E-state index in [2.05, 4.69) is 26.2 Å². The predicted molar refractivity (Wildman–Crippen MR) is 113 cm³/mol. The SMILES string of the molecule is Cc1cc2nc(-c3cc(NC(=O)c4ccccc4Br)ccc3O)oc2cc1C. The number of amides is 1. The van der Waals surface area contributed by atoms with Crippen LogP contribution in [0, 0.1) is 13.8 Å². The van der Waals surface area contributed by atoms with Crippen LogP contribution in [-0.2, 0) is 0 Å². The molecule has 0 spiro atoms. The average Bonchev–Trinajstić information content (AvgIpc) is 3.06. The van der Waals surface area contributed by atoms with Crippen LogP contribution >= 0.6 is 15.9 Å². The van der Waals surface area contributed by atoms with Crippen LogP contribution in [-0.4, -0.2) is 16.0 Å². The number of rotatable bonds is 3. The van der Waals surface area contributed by atoms with E-state index in [1.807, 2.05) is 32.0 Å². The Hall–Kier alpha value is -3.12. The summed E-state index contributed by atoms with van der Waals surface area (Å²) in [5, 5.41) is 13.1. The van der Waals surface area contributed by atoms with E-state index < -0.39 is 0 Å². The molecule has 0 unspecified atom stereocenters. The Kier molecular flexibility index (Phi) is 4.65. The van der Waals surface area contributed by atoms with Crippen molar-refractivity contribution >= 4 is 38.6 Å². The highest BCUT2D eigenvalue weighted by atomic mass is 79.9. The highest BCUT2D eigenvalue weighted by Gasteiger charge is 2.16. The maximum Gasteiger partial charge on any atom is 0.256 e. The zero-order valence-corrected chi connectivity index (χ0v) is 16.9. The van der Waals surface area contributed by atoms with Crippen molar-refractivity contribution in [3.8, 4) is 17.2 Å². The molecule has 140 valence electrons. The predicted octanol–water partition coefficient (Wildman–Crippen LogP) is 5.83. The molecule has 1 aromatic heterocycles. The minimum absolute atomic E-state index is 0.0268. The number of oxazole rings is 1. The van der Waals surface area contributed by atoms with E-state index in [4.69, 9.17) is 4.42 Å². The third kappa shape index (κ3) is 3.39. The summed E-state index contributed by atoms with van der Waals surface area (Å²) in [6.07, 6.45) is 0. The third-order valence-electron chi connectivity index (χ3n) is 4.61. The van der Waals surface area contributed by atoms with Crippen molar-refractivity contribution in [1.29, 1.82) is 0 Å². The van der Waals surface area contributed by atoms with Gasteiger partial charge in [-0.1, -0.05) is 12.1 Å². The maximum atomic E-state index is 12.5. The van der Waals surface area contributed by atoms with Gasteiger partial charge in [-0.05, 0) is 83.4 Å². The fourth-order valence-electron chi connectivity index (χ4n) is 2.92. The molecule has 1 heterocycles. The molecular weight excluding hydrogens is 420 g/mol. The molecule has 6 heteroatoms. The van der Waals surface area contributed by atoms with Crippen LogP contribution in [0.4, 0.5) is 5.69 Å². The van der Waals surface area contributed by atoms with Crippen molar-refractivity contribution in [2.75, 3.05) is 5.32 Å². The van der Waals surface area contributed by atoms with Crippen LogP contribution < -0.4 is 5.32 Å². The number of hydrogen-bond donors (Lipinski definition) is 2. The van der Waals surface area contributed by atoms with Crippen LogP contribution in [0.25, 0.3) is 22.6 Å². The molecule has 28 heavy (non-hydrogen) atoms. The van der Waals surface area contributed by atoms with E-state index in [1.165, 1.54) is 6.07 Å². The molecule has 0 saturated heterocycles. The number of fused-ring (bicyclic) bond motifs is 1. The second-order valence-corrected chi connectivity index (χ2v) is 7.44. The van der Waals surface area contributed by atoms with E-state index in [-0.39, 0.29) is 11.7 Å². The first-order valence-corrected chi connectivity index (χ1v) is 9.49. The Balaban J connectivity index is 1.70. The van der Waals surface area contributed by atoms with Crippen LogP contribution in [0.2, 0.25) is 0 Å². The van der Waals surface area contributed by atoms with Crippen LogP contribution in [0.5, 0.6) is 5.75 Å². The lowest BCUT2D eigenvalue weighted by Gasteiger charge is -2.08. The Morgan fingerprint density at radius 3 is 2.61 bits per heavy atom. The Labute approximate surface area is 170 Å². The van der Waals surface area contributed by atoms with Gasteiger partial charge in [-0.15, -0.1) is 0 Å². The molecule has 0 bridgehead atoms. The number of nitrogens with zero attached hydrogens (tertiary/aromatic N) is 1. The molecule has 0 fully saturated rings. The summed E-state index contributed by atoms with van der Waals surface area (Å²) in [7, 11) is 0. The summed E-state index contributed by atoms with van der Waals surface area (Å²) in [6.45, 7) is 4.02. The molecule has 1 amide bonds. The van der Waals surface area contributed by atoms with Crippen molar-refractivity contribution in [1.82, 2.24) is 4.98 Å².